The molecule has 2 heterocycles. The number of thioether (sulfide) groups is 1. The van der Waals surface area contributed by atoms with Crippen molar-refractivity contribution in [3.8, 4) is 0 Å². The molecule has 9 heteroatoms. The number of nitrogens with zero attached hydrogens (tertiary/aromatic N) is 5. The lowest BCUT2D eigenvalue weighted by Crippen LogP contribution is -2.23. The van der Waals surface area contributed by atoms with Crippen LogP contribution in [0.2, 0.25) is 0 Å². The lowest BCUT2D eigenvalue weighted by Gasteiger charge is -2.16. The van der Waals surface area contributed by atoms with E-state index in [0.29, 0.717) is 23.8 Å². The van der Waals surface area contributed by atoms with Crippen LogP contribution in [-0.4, -0.2) is 44.3 Å². The van der Waals surface area contributed by atoms with Crippen LogP contribution in [0.25, 0.3) is 0 Å². The van der Waals surface area contributed by atoms with Gasteiger partial charge in [0.05, 0.1) is 12.3 Å². The third-order valence-corrected chi connectivity index (χ3v) is 5.50. The monoisotopic (exact) mass is 408 g/mol. The quantitative estimate of drug-likeness (QED) is 0.604. The maximum Gasteiger partial charge on any atom is 0.234 e. The summed E-state index contributed by atoms with van der Waals surface area (Å²) in [5.41, 5.74) is 2.64. The van der Waals surface area contributed by atoms with Gasteiger partial charge in [-0.3, -0.25) is 9.59 Å². The van der Waals surface area contributed by atoms with Gasteiger partial charge < -0.3 is 10.2 Å². The summed E-state index contributed by atoms with van der Waals surface area (Å²) in [6.07, 6.45) is 1.48. The molecule has 1 aromatic heterocycles. The van der Waals surface area contributed by atoms with Crippen molar-refractivity contribution < 1.29 is 9.59 Å². The Morgan fingerprint density at radius 3 is 2.62 bits per heavy atom. The van der Waals surface area contributed by atoms with Crippen LogP contribution in [0.3, 0.4) is 0 Å². The van der Waals surface area contributed by atoms with Crippen LogP contribution in [0.4, 0.5) is 11.4 Å². The number of nitrogens with one attached hydrogen (secondary N) is 1. The summed E-state index contributed by atoms with van der Waals surface area (Å²) in [5.74, 6) is 0.197. The van der Waals surface area contributed by atoms with Crippen molar-refractivity contribution in [3.63, 3.8) is 0 Å². The number of hydrogen-bond donors (Lipinski definition) is 1. The molecule has 1 aliphatic rings. The molecular weight excluding hydrogens is 388 g/mol. The van der Waals surface area contributed by atoms with Crippen molar-refractivity contribution in [2.45, 2.75) is 24.5 Å². The SMILES string of the molecule is O=C(CSc1nnnn1Cc1ccccc1)Nc1ccc(N2CCCC2=O)cc1. The zero-order chi connectivity index (χ0) is 20.1. The van der Waals surface area contributed by atoms with Crippen LogP contribution >= 0.6 is 11.8 Å². The highest BCUT2D eigenvalue weighted by Crippen LogP contribution is 2.23. The average Bonchev–Trinajstić information content (AvgIpc) is 3.36. The molecule has 2 aromatic carbocycles. The number of rotatable bonds is 7. The molecule has 0 saturated carbocycles. The highest BCUT2D eigenvalue weighted by molar-refractivity contribution is 7.99. The third-order valence-electron chi connectivity index (χ3n) is 4.54. The van der Waals surface area contributed by atoms with Crippen molar-refractivity contribution >= 4 is 35.0 Å². The van der Waals surface area contributed by atoms with Gasteiger partial charge in [0.15, 0.2) is 0 Å². The van der Waals surface area contributed by atoms with E-state index < -0.39 is 0 Å². The van der Waals surface area contributed by atoms with Gasteiger partial charge in [-0.15, -0.1) is 5.10 Å². The second-order valence-electron chi connectivity index (χ2n) is 6.64. The van der Waals surface area contributed by atoms with Gasteiger partial charge >= 0.3 is 0 Å². The summed E-state index contributed by atoms with van der Waals surface area (Å²) in [7, 11) is 0. The minimum Gasteiger partial charge on any atom is -0.325 e. The second kappa shape index (κ2) is 8.87. The van der Waals surface area contributed by atoms with Gasteiger partial charge in [0.1, 0.15) is 0 Å². The molecule has 148 valence electrons. The Balaban J connectivity index is 1.30. The van der Waals surface area contributed by atoms with Crippen LogP contribution in [0.5, 0.6) is 0 Å². The zero-order valence-electron chi connectivity index (χ0n) is 15.7. The average molecular weight is 408 g/mol. The minimum absolute atomic E-state index is 0.144. The Hall–Kier alpha value is -3.20. The molecule has 0 aliphatic carbocycles. The molecule has 3 aromatic rings. The summed E-state index contributed by atoms with van der Waals surface area (Å²) in [6.45, 7) is 1.30. The Morgan fingerprint density at radius 2 is 1.90 bits per heavy atom. The van der Waals surface area contributed by atoms with E-state index in [2.05, 4.69) is 20.8 Å². The Labute approximate surface area is 172 Å². The van der Waals surface area contributed by atoms with E-state index >= 15 is 0 Å². The second-order valence-corrected chi connectivity index (χ2v) is 7.58. The Morgan fingerprint density at radius 1 is 1.10 bits per heavy atom. The van der Waals surface area contributed by atoms with Gasteiger partial charge in [0.2, 0.25) is 17.0 Å². The van der Waals surface area contributed by atoms with Crippen LogP contribution in [0.15, 0.2) is 59.8 Å². The van der Waals surface area contributed by atoms with Crippen molar-refractivity contribution in [2.75, 3.05) is 22.5 Å². The van der Waals surface area contributed by atoms with E-state index in [1.165, 1.54) is 11.8 Å². The van der Waals surface area contributed by atoms with Crippen LogP contribution < -0.4 is 10.2 Å². The summed E-state index contributed by atoms with van der Waals surface area (Å²) >= 11 is 1.29. The van der Waals surface area contributed by atoms with Gasteiger partial charge in [0, 0.05) is 24.3 Å². The standard InChI is InChI=1S/C20H20N6O2S/c27-18(21-16-8-10-17(11-9-16)25-12-4-7-19(25)28)14-29-20-22-23-24-26(20)13-15-5-2-1-3-6-15/h1-3,5-6,8-11H,4,7,12-14H2,(H,21,27). The Bertz CT molecular complexity index is 990. The van der Waals surface area contributed by atoms with E-state index in [1.807, 2.05) is 54.6 Å². The molecule has 0 bridgehead atoms. The first kappa shape index (κ1) is 19.1. The fraction of sp³-hybridized carbons (Fsp3) is 0.250. The largest absolute Gasteiger partial charge is 0.325 e. The number of carbonyl (C=O) groups excluding carboxylic acids is 2. The molecule has 4 rings (SSSR count). The van der Waals surface area contributed by atoms with Crippen molar-refractivity contribution in [3.05, 3.63) is 60.2 Å². The van der Waals surface area contributed by atoms with E-state index in [-0.39, 0.29) is 17.6 Å². The number of amides is 2. The molecule has 1 N–H and O–H groups in total. The molecule has 0 spiro atoms. The number of benzene rings is 2. The number of carbonyl (C=O) groups is 2. The van der Waals surface area contributed by atoms with Gasteiger partial charge in [-0.1, -0.05) is 42.1 Å². The predicted molar refractivity (Wildman–Crippen MR) is 111 cm³/mol. The van der Waals surface area contributed by atoms with E-state index in [9.17, 15) is 9.59 Å². The maximum atomic E-state index is 12.3. The minimum atomic E-state index is -0.144. The van der Waals surface area contributed by atoms with Crippen LogP contribution in [0.1, 0.15) is 18.4 Å². The normalized spacial score (nSPS) is 13.7. The third kappa shape index (κ3) is 4.80. The van der Waals surface area contributed by atoms with Gasteiger partial charge in [-0.2, -0.15) is 0 Å². The van der Waals surface area contributed by atoms with E-state index in [0.717, 1.165) is 24.2 Å². The molecule has 1 aliphatic heterocycles. The smallest absolute Gasteiger partial charge is 0.234 e. The fourth-order valence-corrected chi connectivity index (χ4v) is 3.81. The van der Waals surface area contributed by atoms with E-state index in [4.69, 9.17) is 0 Å². The van der Waals surface area contributed by atoms with Crippen molar-refractivity contribution in [1.82, 2.24) is 20.2 Å². The van der Waals surface area contributed by atoms with E-state index in [1.54, 1.807) is 9.58 Å². The van der Waals surface area contributed by atoms with Crippen LogP contribution in [-0.2, 0) is 16.1 Å². The summed E-state index contributed by atoms with van der Waals surface area (Å²) in [5, 5.41) is 15.2. The molecule has 0 unspecified atom stereocenters. The number of aromatic nitrogens is 4. The lowest BCUT2D eigenvalue weighted by atomic mass is 10.2. The molecule has 8 nitrogen and oxygen atoms in total. The first-order valence-electron chi connectivity index (χ1n) is 9.32. The highest BCUT2D eigenvalue weighted by Gasteiger charge is 2.21. The van der Waals surface area contributed by atoms with Crippen molar-refractivity contribution in [1.29, 1.82) is 0 Å². The zero-order valence-corrected chi connectivity index (χ0v) is 16.5. The molecule has 1 fully saturated rings. The number of hydrogen-bond acceptors (Lipinski definition) is 6. The maximum absolute atomic E-state index is 12.3. The van der Waals surface area contributed by atoms with Gasteiger partial charge in [0.25, 0.3) is 0 Å². The molecule has 0 atom stereocenters. The van der Waals surface area contributed by atoms with Gasteiger partial charge in [-0.25, -0.2) is 4.68 Å². The van der Waals surface area contributed by atoms with Crippen LogP contribution in [0, 0.1) is 0 Å². The number of tetrazole rings is 1. The number of anilines is 2. The van der Waals surface area contributed by atoms with Gasteiger partial charge in [-0.05, 0) is 46.7 Å². The van der Waals surface area contributed by atoms with Crippen molar-refractivity contribution in [2.24, 2.45) is 0 Å². The Kier molecular flexibility index (Phi) is 5.85. The summed E-state index contributed by atoms with van der Waals surface area (Å²) in [6, 6.07) is 17.2. The highest BCUT2D eigenvalue weighted by atomic mass is 32.2. The first-order chi connectivity index (χ1) is 14.2. The molecular formula is C20H20N6O2S. The predicted octanol–water partition coefficient (Wildman–Crippen LogP) is 2.58. The molecule has 0 radical (unpaired) electrons. The first-order valence-corrected chi connectivity index (χ1v) is 10.3. The topological polar surface area (TPSA) is 93.0 Å². The fourth-order valence-electron chi connectivity index (χ4n) is 3.13. The molecule has 2 amide bonds. The lowest BCUT2D eigenvalue weighted by molar-refractivity contribution is -0.117. The summed E-state index contributed by atoms with van der Waals surface area (Å²) < 4.78 is 1.68. The summed E-state index contributed by atoms with van der Waals surface area (Å²) in [4.78, 5) is 25.9. The molecule has 29 heavy (non-hydrogen) atoms. The molecule has 1 saturated heterocycles.